The maximum Gasteiger partial charge on any atom is 0.0693 e. The van der Waals surface area contributed by atoms with E-state index in [9.17, 15) is 0 Å². The Labute approximate surface area is 86.8 Å². The molecule has 0 N–H and O–H groups in total. The third kappa shape index (κ3) is 2.31. The van der Waals surface area contributed by atoms with Crippen molar-refractivity contribution in [3.63, 3.8) is 0 Å². The summed E-state index contributed by atoms with van der Waals surface area (Å²) in [5.74, 6) is 1.11. The molecule has 0 aromatic carbocycles. The summed E-state index contributed by atoms with van der Waals surface area (Å²) in [4.78, 5) is 0. The van der Waals surface area contributed by atoms with Gasteiger partial charge in [0.25, 0.3) is 0 Å². The van der Waals surface area contributed by atoms with Crippen LogP contribution in [0.4, 0.5) is 0 Å². The lowest BCUT2D eigenvalue weighted by atomic mass is 9.91. The van der Waals surface area contributed by atoms with Gasteiger partial charge in [-0.15, -0.1) is 0 Å². The Morgan fingerprint density at radius 3 is 2.36 bits per heavy atom. The van der Waals surface area contributed by atoms with Crippen LogP contribution in [0.15, 0.2) is 12.3 Å². The fraction of sp³-hybridized carbons (Fsp3) is 0.667. The first-order chi connectivity index (χ1) is 6.70. The van der Waals surface area contributed by atoms with Gasteiger partial charge in [0.05, 0.1) is 5.69 Å². The van der Waals surface area contributed by atoms with Crippen LogP contribution in [0.25, 0.3) is 0 Å². The SMILES string of the molecule is CCC(C)c1ccnnc1C(C)CC. The van der Waals surface area contributed by atoms with Crippen LogP contribution in [0.5, 0.6) is 0 Å². The lowest BCUT2D eigenvalue weighted by Gasteiger charge is -2.16. The van der Waals surface area contributed by atoms with Crippen LogP contribution in [0.2, 0.25) is 0 Å². The number of nitrogens with zero attached hydrogens (tertiary/aromatic N) is 2. The van der Waals surface area contributed by atoms with E-state index in [1.54, 1.807) is 6.20 Å². The number of aromatic nitrogens is 2. The summed E-state index contributed by atoms with van der Waals surface area (Å²) >= 11 is 0. The molecule has 0 amide bonds. The van der Waals surface area contributed by atoms with Crippen molar-refractivity contribution in [1.82, 2.24) is 10.2 Å². The van der Waals surface area contributed by atoms with E-state index < -0.39 is 0 Å². The largest absolute Gasteiger partial charge is 0.159 e. The molecular formula is C12H20N2. The average Bonchev–Trinajstić information content (AvgIpc) is 2.27. The van der Waals surface area contributed by atoms with Crippen LogP contribution >= 0.6 is 0 Å². The zero-order valence-corrected chi connectivity index (χ0v) is 9.62. The summed E-state index contributed by atoms with van der Waals surface area (Å²) in [5.41, 5.74) is 2.56. The molecule has 78 valence electrons. The molecule has 2 nitrogen and oxygen atoms in total. The molecule has 0 saturated carbocycles. The minimum Gasteiger partial charge on any atom is -0.159 e. The second-order valence-electron chi connectivity index (χ2n) is 3.99. The van der Waals surface area contributed by atoms with Crippen LogP contribution < -0.4 is 0 Å². The molecule has 0 radical (unpaired) electrons. The summed E-state index contributed by atoms with van der Waals surface area (Å²) in [6, 6.07) is 2.11. The third-order valence-electron chi connectivity index (χ3n) is 3.00. The lowest BCUT2D eigenvalue weighted by Crippen LogP contribution is -2.05. The lowest BCUT2D eigenvalue weighted by molar-refractivity contribution is 0.641. The maximum absolute atomic E-state index is 4.27. The predicted molar refractivity (Wildman–Crippen MR) is 59.4 cm³/mol. The zero-order chi connectivity index (χ0) is 10.6. The molecule has 2 atom stereocenters. The van der Waals surface area contributed by atoms with E-state index in [2.05, 4.69) is 44.0 Å². The molecule has 14 heavy (non-hydrogen) atoms. The molecule has 0 aliphatic heterocycles. The highest BCUT2D eigenvalue weighted by atomic mass is 15.1. The Hall–Kier alpha value is -0.920. The second kappa shape index (κ2) is 5.08. The molecule has 1 heterocycles. The Morgan fingerprint density at radius 2 is 1.79 bits per heavy atom. The van der Waals surface area contributed by atoms with Crippen molar-refractivity contribution in [2.75, 3.05) is 0 Å². The monoisotopic (exact) mass is 192 g/mol. The Balaban J connectivity index is 3.02. The van der Waals surface area contributed by atoms with Crippen molar-refractivity contribution in [2.24, 2.45) is 0 Å². The highest BCUT2D eigenvalue weighted by Gasteiger charge is 2.14. The third-order valence-corrected chi connectivity index (χ3v) is 3.00. The van der Waals surface area contributed by atoms with Gasteiger partial charge in [0.15, 0.2) is 0 Å². The van der Waals surface area contributed by atoms with Gasteiger partial charge in [0.2, 0.25) is 0 Å². The van der Waals surface area contributed by atoms with E-state index >= 15 is 0 Å². The summed E-state index contributed by atoms with van der Waals surface area (Å²) in [6.07, 6.45) is 4.09. The molecule has 2 unspecified atom stereocenters. The smallest absolute Gasteiger partial charge is 0.0693 e. The van der Waals surface area contributed by atoms with Crippen molar-refractivity contribution in [3.8, 4) is 0 Å². The van der Waals surface area contributed by atoms with Gasteiger partial charge in [-0.25, -0.2) is 0 Å². The molecule has 0 fully saturated rings. The summed E-state index contributed by atoms with van der Waals surface area (Å²) < 4.78 is 0. The molecule has 2 heteroatoms. The Morgan fingerprint density at radius 1 is 1.14 bits per heavy atom. The first kappa shape index (κ1) is 11.2. The topological polar surface area (TPSA) is 25.8 Å². The van der Waals surface area contributed by atoms with E-state index in [0.29, 0.717) is 11.8 Å². The van der Waals surface area contributed by atoms with Gasteiger partial charge in [0, 0.05) is 12.1 Å². The van der Waals surface area contributed by atoms with Crippen molar-refractivity contribution >= 4 is 0 Å². The molecule has 0 bridgehead atoms. The average molecular weight is 192 g/mol. The highest BCUT2D eigenvalue weighted by molar-refractivity contribution is 5.24. The number of hydrogen-bond acceptors (Lipinski definition) is 2. The van der Waals surface area contributed by atoms with E-state index in [-0.39, 0.29) is 0 Å². The molecule has 1 aromatic heterocycles. The first-order valence-corrected chi connectivity index (χ1v) is 5.52. The molecular weight excluding hydrogens is 172 g/mol. The first-order valence-electron chi connectivity index (χ1n) is 5.52. The molecule has 1 rings (SSSR count). The number of hydrogen-bond donors (Lipinski definition) is 0. The fourth-order valence-corrected chi connectivity index (χ4v) is 1.57. The van der Waals surface area contributed by atoms with E-state index in [4.69, 9.17) is 0 Å². The van der Waals surface area contributed by atoms with Crippen LogP contribution in [-0.4, -0.2) is 10.2 Å². The highest BCUT2D eigenvalue weighted by Crippen LogP contribution is 2.27. The summed E-state index contributed by atoms with van der Waals surface area (Å²) in [5, 5.41) is 8.25. The van der Waals surface area contributed by atoms with Crippen molar-refractivity contribution in [1.29, 1.82) is 0 Å². The van der Waals surface area contributed by atoms with Gasteiger partial charge in [0.1, 0.15) is 0 Å². The van der Waals surface area contributed by atoms with Gasteiger partial charge in [-0.2, -0.15) is 10.2 Å². The zero-order valence-electron chi connectivity index (χ0n) is 9.62. The normalized spacial score (nSPS) is 15.1. The quantitative estimate of drug-likeness (QED) is 0.729. The minimum atomic E-state index is 0.521. The standard InChI is InChI=1S/C12H20N2/c1-5-9(3)11-7-8-13-14-12(11)10(4)6-2/h7-10H,5-6H2,1-4H3. The molecule has 1 aromatic rings. The molecule has 0 aliphatic rings. The van der Waals surface area contributed by atoms with Gasteiger partial charge in [-0.3, -0.25) is 0 Å². The molecule has 0 saturated heterocycles. The van der Waals surface area contributed by atoms with Crippen LogP contribution in [0.3, 0.4) is 0 Å². The minimum absolute atomic E-state index is 0.521. The van der Waals surface area contributed by atoms with E-state index in [1.807, 2.05) is 0 Å². The van der Waals surface area contributed by atoms with Crippen molar-refractivity contribution in [3.05, 3.63) is 23.5 Å². The second-order valence-corrected chi connectivity index (χ2v) is 3.99. The van der Waals surface area contributed by atoms with E-state index in [1.165, 1.54) is 11.3 Å². The van der Waals surface area contributed by atoms with Crippen molar-refractivity contribution in [2.45, 2.75) is 52.4 Å². The number of rotatable bonds is 4. The van der Waals surface area contributed by atoms with Gasteiger partial charge >= 0.3 is 0 Å². The Kier molecular flexibility index (Phi) is 4.05. The van der Waals surface area contributed by atoms with Crippen molar-refractivity contribution < 1.29 is 0 Å². The van der Waals surface area contributed by atoms with Gasteiger partial charge in [-0.1, -0.05) is 27.7 Å². The predicted octanol–water partition coefficient (Wildman–Crippen LogP) is 3.50. The van der Waals surface area contributed by atoms with Crippen LogP contribution in [0.1, 0.15) is 63.6 Å². The molecule has 0 aliphatic carbocycles. The summed E-state index contributed by atoms with van der Waals surface area (Å²) in [6.45, 7) is 8.88. The van der Waals surface area contributed by atoms with Crippen LogP contribution in [-0.2, 0) is 0 Å². The maximum atomic E-state index is 4.27. The molecule has 0 spiro atoms. The van der Waals surface area contributed by atoms with E-state index in [0.717, 1.165) is 12.8 Å². The van der Waals surface area contributed by atoms with Gasteiger partial charge in [-0.05, 0) is 30.4 Å². The fourth-order valence-electron chi connectivity index (χ4n) is 1.57. The van der Waals surface area contributed by atoms with Gasteiger partial charge < -0.3 is 0 Å². The van der Waals surface area contributed by atoms with Crippen LogP contribution in [0, 0.1) is 0 Å². The Bertz CT molecular complexity index is 254. The summed E-state index contributed by atoms with van der Waals surface area (Å²) in [7, 11) is 0.